The van der Waals surface area contributed by atoms with Crippen LogP contribution in [0, 0.1) is 17.2 Å². The van der Waals surface area contributed by atoms with Gasteiger partial charge in [-0.15, -0.1) is 0 Å². The molecule has 1 aromatic rings. The van der Waals surface area contributed by atoms with Gasteiger partial charge in [-0.2, -0.15) is 5.26 Å². The molecule has 1 atom stereocenters. The van der Waals surface area contributed by atoms with E-state index in [-0.39, 0.29) is 5.91 Å². The first-order valence-electron chi connectivity index (χ1n) is 7.05. The molecule has 5 nitrogen and oxygen atoms in total. The van der Waals surface area contributed by atoms with Crippen LogP contribution in [0.4, 0.5) is 0 Å². The van der Waals surface area contributed by atoms with Crippen molar-refractivity contribution in [1.82, 2.24) is 14.4 Å². The van der Waals surface area contributed by atoms with Crippen LogP contribution in [0.3, 0.4) is 0 Å². The normalized spacial score (nSPS) is 18.9. The van der Waals surface area contributed by atoms with Crippen LogP contribution < -0.4 is 0 Å². The quantitative estimate of drug-likeness (QED) is 0.810. The van der Waals surface area contributed by atoms with E-state index in [4.69, 9.17) is 5.26 Å². The molecular weight excluding hydrogens is 252 g/mol. The Kier molecular flexibility index (Phi) is 4.46. The summed E-state index contributed by atoms with van der Waals surface area (Å²) in [5.74, 6) is 0.698. The zero-order valence-electron chi connectivity index (χ0n) is 12.5. The molecule has 108 valence electrons. The number of hydrogen-bond acceptors (Lipinski definition) is 3. The molecule has 0 aliphatic carbocycles. The number of amides is 1. The Hall–Kier alpha value is -1.80. The van der Waals surface area contributed by atoms with Gasteiger partial charge in [-0.25, -0.2) is 0 Å². The van der Waals surface area contributed by atoms with E-state index in [0.717, 1.165) is 31.7 Å². The first-order chi connectivity index (χ1) is 9.53. The van der Waals surface area contributed by atoms with E-state index in [1.807, 2.05) is 35.7 Å². The number of aryl methyl sites for hydroxylation is 1. The van der Waals surface area contributed by atoms with Crippen LogP contribution in [-0.4, -0.2) is 47.0 Å². The molecule has 2 heterocycles. The standard InChI is InChI=1S/C15H22N4O/c1-4-19-11-13(6-15(19)20)9-17(2)8-12-5-14(7-16)18(3)10-12/h5,10,13H,4,6,8-9,11H2,1-3H3. The van der Waals surface area contributed by atoms with Crippen molar-refractivity contribution in [2.24, 2.45) is 13.0 Å². The summed E-state index contributed by atoms with van der Waals surface area (Å²) in [6, 6.07) is 4.10. The van der Waals surface area contributed by atoms with Gasteiger partial charge in [0, 0.05) is 45.8 Å². The van der Waals surface area contributed by atoms with Crippen molar-refractivity contribution >= 4 is 5.91 Å². The molecule has 1 aromatic heterocycles. The Morgan fingerprint density at radius 1 is 1.55 bits per heavy atom. The third-order valence-corrected chi connectivity index (χ3v) is 3.87. The van der Waals surface area contributed by atoms with Crippen LogP contribution in [0.1, 0.15) is 24.6 Å². The van der Waals surface area contributed by atoms with Gasteiger partial charge in [0.2, 0.25) is 5.91 Å². The topological polar surface area (TPSA) is 52.3 Å². The molecule has 1 unspecified atom stereocenters. The molecule has 2 rings (SSSR count). The third-order valence-electron chi connectivity index (χ3n) is 3.87. The van der Waals surface area contributed by atoms with Crippen LogP contribution in [-0.2, 0) is 18.4 Å². The maximum Gasteiger partial charge on any atom is 0.222 e. The summed E-state index contributed by atoms with van der Waals surface area (Å²) >= 11 is 0. The van der Waals surface area contributed by atoms with Gasteiger partial charge in [-0.05, 0) is 31.5 Å². The fraction of sp³-hybridized carbons (Fsp3) is 0.600. The summed E-state index contributed by atoms with van der Waals surface area (Å²) in [6.07, 6.45) is 2.66. The summed E-state index contributed by atoms with van der Waals surface area (Å²) in [4.78, 5) is 15.9. The van der Waals surface area contributed by atoms with Crippen molar-refractivity contribution in [3.8, 4) is 6.07 Å². The molecule has 0 saturated carbocycles. The summed E-state index contributed by atoms with van der Waals surface area (Å²) in [5.41, 5.74) is 1.82. The van der Waals surface area contributed by atoms with E-state index in [2.05, 4.69) is 18.0 Å². The predicted octanol–water partition coefficient (Wildman–Crippen LogP) is 1.20. The first-order valence-corrected chi connectivity index (χ1v) is 7.05. The molecule has 1 fully saturated rings. The molecule has 0 bridgehead atoms. The molecular formula is C15H22N4O. The number of rotatable bonds is 5. The Balaban J connectivity index is 1.88. The molecule has 1 amide bonds. The summed E-state index contributed by atoms with van der Waals surface area (Å²) < 4.78 is 1.85. The fourth-order valence-electron chi connectivity index (χ4n) is 2.93. The summed E-state index contributed by atoms with van der Waals surface area (Å²) in [7, 11) is 3.95. The molecule has 1 saturated heterocycles. The Morgan fingerprint density at radius 3 is 2.85 bits per heavy atom. The zero-order valence-corrected chi connectivity index (χ0v) is 12.5. The van der Waals surface area contributed by atoms with Crippen molar-refractivity contribution in [2.45, 2.75) is 19.9 Å². The van der Waals surface area contributed by atoms with Crippen LogP contribution in [0.15, 0.2) is 12.3 Å². The van der Waals surface area contributed by atoms with Gasteiger partial charge in [0.1, 0.15) is 11.8 Å². The summed E-state index contributed by atoms with van der Waals surface area (Å²) in [6.45, 7) is 5.43. The van der Waals surface area contributed by atoms with Crippen LogP contribution >= 0.6 is 0 Å². The molecule has 0 spiro atoms. The Morgan fingerprint density at radius 2 is 2.30 bits per heavy atom. The highest BCUT2D eigenvalue weighted by Gasteiger charge is 2.28. The SMILES string of the molecule is CCN1CC(CN(C)Cc2cc(C#N)n(C)c2)CC1=O. The van der Waals surface area contributed by atoms with Gasteiger partial charge in [0.05, 0.1) is 0 Å². The molecule has 0 radical (unpaired) electrons. The van der Waals surface area contributed by atoms with Crippen molar-refractivity contribution in [2.75, 3.05) is 26.7 Å². The molecule has 20 heavy (non-hydrogen) atoms. The highest BCUT2D eigenvalue weighted by molar-refractivity contribution is 5.78. The van der Waals surface area contributed by atoms with Gasteiger partial charge >= 0.3 is 0 Å². The molecule has 5 heteroatoms. The molecule has 0 N–H and O–H groups in total. The maximum absolute atomic E-state index is 11.7. The minimum atomic E-state index is 0.275. The smallest absolute Gasteiger partial charge is 0.222 e. The molecule has 0 aromatic carbocycles. The largest absolute Gasteiger partial charge is 0.343 e. The van der Waals surface area contributed by atoms with Gasteiger partial charge < -0.3 is 14.4 Å². The van der Waals surface area contributed by atoms with Crippen molar-refractivity contribution in [3.05, 3.63) is 23.5 Å². The lowest BCUT2D eigenvalue weighted by Gasteiger charge is -2.20. The van der Waals surface area contributed by atoms with E-state index >= 15 is 0 Å². The number of carbonyl (C=O) groups is 1. The van der Waals surface area contributed by atoms with Crippen molar-refractivity contribution in [3.63, 3.8) is 0 Å². The van der Waals surface area contributed by atoms with Crippen LogP contribution in [0.25, 0.3) is 0 Å². The zero-order chi connectivity index (χ0) is 14.7. The lowest BCUT2D eigenvalue weighted by molar-refractivity contribution is -0.127. The van der Waals surface area contributed by atoms with Gasteiger partial charge in [-0.3, -0.25) is 4.79 Å². The maximum atomic E-state index is 11.7. The fourth-order valence-corrected chi connectivity index (χ4v) is 2.93. The second kappa shape index (κ2) is 6.10. The van der Waals surface area contributed by atoms with Crippen molar-refractivity contribution < 1.29 is 4.79 Å². The lowest BCUT2D eigenvalue weighted by atomic mass is 10.1. The van der Waals surface area contributed by atoms with E-state index < -0.39 is 0 Å². The number of likely N-dealkylation sites (tertiary alicyclic amines) is 1. The second-order valence-electron chi connectivity index (χ2n) is 5.66. The number of hydrogen-bond donors (Lipinski definition) is 0. The van der Waals surface area contributed by atoms with Gasteiger partial charge in [0.25, 0.3) is 0 Å². The second-order valence-corrected chi connectivity index (χ2v) is 5.66. The Bertz CT molecular complexity index is 528. The minimum absolute atomic E-state index is 0.275. The first kappa shape index (κ1) is 14.6. The van der Waals surface area contributed by atoms with E-state index in [9.17, 15) is 4.79 Å². The van der Waals surface area contributed by atoms with Gasteiger partial charge in [-0.1, -0.05) is 0 Å². The Labute approximate surface area is 120 Å². The van der Waals surface area contributed by atoms with Gasteiger partial charge in [0.15, 0.2) is 0 Å². The summed E-state index contributed by atoms with van der Waals surface area (Å²) in [5, 5.41) is 8.95. The van der Waals surface area contributed by atoms with E-state index in [0.29, 0.717) is 18.0 Å². The number of aromatic nitrogens is 1. The van der Waals surface area contributed by atoms with Crippen LogP contribution in [0.2, 0.25) is 0 Å². The lowest BCUT2D eigenvalue weighted by Crippen LogP contribution is -2.28. The molecule has 1 aliphatic rings. The highest BCUT2D eigenvalue weighted by Crippen LogP contribution is 2.19. The number of nitriles is 1. The third kappa shape index (κ3) is 3.20. The monoisotopic (exact) mass is 274 g/mol. The minimum Gasteiger partial charge on any atom is -0.343 e. The highest BCUT2D eigenvalue weighted by atomic mass is 16.2. The average molecular weight is 274 g/mol. The van der Waals surface area contributed by atoms with E-state index in [1.54, 1.807) is 0 Å². The number of nitrogens with zero attached hydrogens (tertiary/aromatic N) is 4. The number of carbonyl (C=O) groups excluding carboxylic acids is 1. The molecule has 1 aliphatic heterocycles. The predicted molar refractivity (Wildman–Crippen MR) is 76.8 cm³/mol. The van der Waals surface area contributed by atoms with Crippen molar-refractivity contribution in [1.29, 1.82) is 5.26 Å². The van der Waals surface area contributed by atoms with E-state index in [1.165, 1.54) is 0 Å². The average Bonchev–Trinajstić information content (AvgIpc) is 2.91. The van der Waals surface area contributed by atoms with Crippen LogP contribution in [0.5, 0.6) is 0 Å².